The highest BCUT2D eigenvalue weighted by molar-refractivity contribution is 6.10. The van der Waals surface area contributed by atoms with Gasteiger partial charge in [-0.2, -0.15) is 0 Å². The molecule has 110 valence electrons. The summed E-state index contributed by atoms with van der Waals surface area (Å²) in [6, 6.07) is 5.60. The number of hydrogen-bond donors (Lipinski definition) is 0. The fraction of sp³-hybridized carbons (Fsp3) is 0.438. The summed E-state index contributed by atoms with van der Waals surface area (Å²) in [4.78, 5) is 37.6. The van der Waals surface area contributed by atoms with Crippen LogP contribution in [0.4, 0.5) is 4.39 Å². The number of hydrogen-bond acceptors (Lipinski definition) is 3. The first-order chi connectivity index (χ1) is 9.99. The molecule has 2 amide bonds. The van der Waals surface area contributed by atoms with Crippen molar-refractivity contribution in [3.63, 3.8) is 0 Å². The molecule has 2 aliphatic rings. The Morgan fingerprint density at radius 2 is 1.76 bits per heavy atom. The van der Waals surface area contributed by atoms with Gasteiger partial charge in [0.2, 0.25) is 11.8 Å². The van der Waals surface area contributed by atoms with Gasteiger partial charge in [0, 0.05) is 0 Å². The SMILES string of the molecule is CC1CC2C(=O)N(CC(=O)c3ccccc3F)C(=O)C2C1. The molecular formula is C16H16FNO3. The van der Waals surface area contributed by atoms with Crippen molar-refractivity contribution >= 4 is 17.6 Å². The quantitative estimate of drug-likeness (QED) is 0.632. The molecule has 4 nitrogen and oxygen atoms in total. The molecule has 21 heavy (non-hydrogen) atoms. The molecule has 1 saturated heterocycles. The molecule has 1 aliphatic heterocycles. The molecule has 1 saturated carbocycles. The van der Waals surface area contributed by atoms with E-state index in [1.807, 2.05) is 6.92 Å². The van der Waals surface area contributed by atoms with Crippen molar-refractivity contribution in [2.45, 2.75) is 19.8 Å². The van der Waals surface area contributed by atoms with Crippen LogP contribution in [0.25, 0.3) is 0 Å². The number of carbonyl (C=O) groups is 3. The lowest BCUT2D eigenvalue weighted by atomic mass is 10.00. The van der Waals surface area contributed by atoms with Crippen molar-refractivity contribution in [3.05, 3.63) is 35.6 Å². The summed E-state index contributed by atoms with van der Waals surface area (Å²) in [6.45, 7) is 1.66. The first kappa shape index (κ1) is 13.9. The largest absolute Gasteiger partial charge is 0.292 e. The van der Waals surface area contributed by atoms with Gasteiger partial charge in [0.25, 0.3) is 0 Å². The second-order valence-corrected chi connectivity index (χ2v) is 5.96. The minimum atomic E-state index is -0.629. The van der Waals surface area contributed by atoms with Gasteiger partial charge in [0.1, 0.15) is 5.82 Å². The van der Waals surface area contributed by atoms with E-state index in [0.29, 0.717) is 18.8 Å². The maximum absolute atomic E-state index is 13.6. The summed E-state index contributed by atoms with van der Waals surface area (Å²) < 4.78 is 13.6. The third kappa shape index (κ3) is 2.26. The molecule has 0 aromatic heterocycles. The summed E-state index contributed by atoms with van der Waals surface area (Å²) in [5.41, 5.74) is -0.0801. The Morgan fingerprint density at radius 1 is 1.19 bits per heavy atom. The number of imide groups is 1. The Balaban J connectivity index is 1.77. The summed E-state index contributed by atoms with van der Waals surface area (Å²) in [7, 11) is 0. The van der Waals surface area contributed by atoms with Crippen LogP contribution in [0, 0.1) is 23.6 Å². The van der Waals surface area contributed by atoms with Gasteiger partial charge < -0.3 is 0 Å². The Bertz CT molecular complexity index is 604. The molecule has 2 fully saturated rings. The van der Waals surface area contributed by atoms with E-state index in [4.69, 9.17) is 0 Å². The lowest BCUT2D eigenvalue weighted by Crippen LogP contribution is -2.37. The molecule has 0 radical (unpaired) electrons. The van der Waals surface area contributed by atoms with Gasteiger partial charge in [0.15, 0.2) is 5.78 Å². The fourth-order valence-corrected chi connectivity index (χ4v) is 3.42. The van der Waals surface area contributed by atoms with E-state index in [-0.39, 0.29) is 35.8 Å². The third-order valence-electron chi connectivity index (χ3n) is 4.44. The maximum Gasteiger partial charge on any atom is 0.233 e. The van der Waals surface area contributed by atoms with Crippen LogP contribution in [0.3, 0.4) is 0 Å². The molecule has 1 aliphatic carbocycles. The number of rotatable bonds is 3. The van der Waals surface area contributed by atoms with Crippen LogP contribution in [0.1, 0.15) is 30.1 Å². The molecule has 0 N–H and O–H groups in total. The van der Waals surface area contributed by atoms with Crippen molar-refractivity contribution in [1.29, 1.82) is 0 Å². The molecule has 0 spiro atoms. The third-order valence-corrected chi connectivity index (χ3v) is 4.44. The van der Waals surface area contributed by atoms with Gasteiger partial charge in [-0.1, -0.05) is 19.1 Å². The van der Waals surface area contributed by atoms with Crippen LogP contribution in [0.15, 0.2) is 24.3 Å². The number of halogens is 1. The van der Waals surface area contributed by atoms with Crippen molar-refractivity contribution < 1.29 is 18.8 Å². The van der Waals surface area contributed by atoms with Crippen molar-refractivity contribution in [1.82, 2.24) is 4.90 Å². The van der Waals surface area contributed by atoms with E-state index in [1.54, 1.807) is 6.07 Å². The van der Waals surface area contributed by atoms with Gasteiger partial charge in [-0.15, -0.1) is 0 Å². The highest BCUT2D eigenvalue weighted by Crippen LogP contribution is 2.42. The van der Waals surface area contributed by atoms with E-state index >= 15 is 0 Å². The number of ketones is 1. The van der Waals surface area contributed by atoms with Gasteiger partial charge in [-0.3, -0.25) is 19.3 Å². The minimum absolute atomic E-state index is 0.0801. The van der Waals surface area contributed by atoms with Gasteiger partial charge in [-0.05, 0) is 30.9 Å². The topological polar surface area (TPSA) is 54.5 Å². The average molecular weight is 289 g/mol. The van der Waals surface area contributed by atoms with Crippen LogP contribution in [0.5, 0.6) is 0 Å². The molecule has 2 atom stereocenters. The first-order valence-corrected chi connectivity index (χ1v) is 7.12. The zero-order valence-electron chi connectivity index (χ0n) is 11.7. The highest BCUT2D eigenvalue weighted by Gasteiger charge is 2.52. The van der Waals surface area contributed by atoms with E-state index in [2.05, 4.69) is 0 Å². The van der Waals surface area contributed by atoms with Crippen LogP contribution >= 0.6 is 0 Å². The Labute approximate surface area is 121 Å². The van der Waals surface area contributed by atoms with Crippen molar-refractivity contribution in [2.24, 2.45) is 17.8 Å². The Morgan fingerprint density at radius 3 is 2.33 bits per heavy atom. The first-order valence-electron chi connectivity index (χ1n) is 7.12. The van der Waals surface area contributed by atoms with Gasteiger partial charge in [0.05, 0.1) is 23.9 Å². The predicted octanol–water partition coefficient (Wildman–Crippen LogP) is 2.04. The van der Waals surface area contributed by atoms with Crippen LogP contribution < -0.4 is 0 Å². The zero-order valence-corrected chi connectivity index (χ0v) is 11.7. The van der Waals surface area contributed by atoms with Crippen LogP contribution in [-0.4, -0.2) is 29.0 Å². The van der Waals surface area contributed by atoms with Gasteiger partial charge >= 0.3 is 0 Å². The lowest BCUT2D eigenvalue weighted by molar-refractivity contribution is -0.139. The maximum atomic E-state index is 13.6. The summed E-state index contributed by atoms with van der Waals surface area (Å²) in [5, 5.41) is 0. The standard InChI is InChI=1S/C16H16FNO3/c1-9-6-11-12(7-9)16(21)18(15(11)20)8-14(19)10-4-2-3-5-13(10)17/h2-5,9,11-12H,6-8H2,1H3. The molecule has 3 rings (SSSR count). The van der Waals surface area contributed by atoms with Crippen LogP contribution in [-0.2, 0) is 9.59 Å². The Hall–Kier alpha value is -2.04. The molecule has 1 heterocycles. The fourth-order valence-electron chi connectivity index (χ4n) is 3.42. The number of amides is 2. The Kier molecular flexibility index (Phi) is 3.35. The molecule has 0 bridgehead atoms. The van der Waals surface area contributed by atoms with E-state index in [9.17, 15) is 18.8 Å². The second kappa shape index (κ2) is 5.06. The monoisotopic (exact) mass is 289 g/mol. The second-order valence-electron chi connectivity index (χ2n) is 5.96. The normalized spacial score (nSPS) is 28.1. The molecular weight excluding hydrogens is 273 g/mol. The van der Waals surface area contributed by atoms with Crippen LogP contribution in [0.2, 0.25) is 0 Å². The van der Waals surface area contributed by atoms with E-state index < -0.39 is 11.6 Å². The lowest BCUT2D eigenvalue weighted by Gasteiger charge is -2.16. The number of likely N-dealkylation sites (tertiary alicyclic amines) is 1. The van der Waals surface area contributed by atoms with E-state index in [0.717, 1.165) is 4.90 Å². The number of benzene rings is 1. The predicted molar refractivity (Wildman–Crippen MR) is 72.8 cm³/mol. The summed E-state index contributed by atoms with van der Waals surface area (Å²) in [6.07, 6.45) is 1.39. The van der Waals surface area contributed by atoms with Crippen molar-refractivity contribution in [2.75, 3.05) is 6.54 Å². The number of nitrogens with zero attached hydrogens (tertiary/aromatic N) is 1. The highest BCUT2D eigenvalue weighted by atomic mass is 19.1. The van der Waals surface area contributed by atoms with E-state index in [1.165, 1.54) is 18.2 Å². The number of Topliss-reactive ketones (excluding diaryl/α,β-unsaturated/α-hetero) is 1. The zero-order chi connectivity index (χ0) is 15.1. The smallest absolute Gasteiger partial charge is 0.233 e. The number of fused-ring (bicyclic) bond motifs is 1. The number of carbonyl (C=O) groups excluding carboxylic acids is 3. The molecule has 1 aromatic rings. The average Bonchev–Trinajstić information content (AvgIpc) is 2.93. The molecule has 1 aromatic carbocycles. The molecule has 2 unspecified atom stereocenters. The molecule has 5 heteroatoms. The minimum Gasteiger partial charge on any atom is -0.292 e. The van der Waals surface area contributed by atoms with Gasteiger partial charge in [-0.25, -0.2) is 4.39 Å². The summed E-state index contributed by atoms with van der Waals surface area (Å²) in [5.74, 6) is -1.95. The van der Waals surface area contributed by atoms with Crippen molar-refractivity contribution in [3.8, 4) is 0 Å². The summed E-state index contributed by atoms with van der Waals surface area (Å²) >= 11 is 0.